The minimum absolute atomic E-state index is 0.132. The zero-order chi connectivity index (χ0) is 12.4. The van der Waals surface area contributed by atoms with E-state index in [0.717, 1.165) is 0 Å². The second kappa shape index (κ2) is 9.14. The largest absolute Gasteiger partial charge is 0.351 e. The normalized spacial score (nSPS) is 15.3. The third-order valence-corrected chi connectivity index (χ3v) is 3.79. The lowest BCUT2D eigenvalue weighted by Crippen LogP contribution is -2.23. The predicted molar refractivity (Wildman–Crippen MR) is 62.8 cm³/mol. The van der Waals surface area contributed by atoms with Crippen molar-refractivity contribution in [3.63, 3.8) is 0 Å². The summed E-state index contributed by atoms with van der Waals surface area (Å²) in [6.07, 6.45) is -0.124. The van der Waals surface area contributed by atoms with E-state index >= 15 is 0 Å². The van der Waals surface area contributed by atoms with E-state index in [2.05, 4.69) is 0 Å². The molecule has 16 heavy (non-hydrogen) atoms. The molecule has 1 atom stereocenters. The van der Waals surface area contributed by atoms with Crippen molar-refractivity contribution in [1.82, 2.24) is 0 Å². The minimum Gasteiger partial charge on any atom is -0.351 e. The van der Waals surface area contributed by atoms with Crippen LogP contribution < -0.4 is 0 Å². The van der Waals surface area contributed by atoms with Gasteiger partial charge in [0.05, 0.1) is 6.61 Å². The Kier molecular flexibility index (Phi) is 9.18. The third kappa shape index (κ3) is 6.61. The van der Waals surface area contributed by atoms with Gasteiger partial charge in [0.1, 0.15) is 6.61 Å². The first-order valence-electron chi connectivity index (χ1n) is 5.73. The Morgan fingerprint density at radius 3 is 1.88 bits per heavy atom. The lowest BCUT2D eigenvalue weighted by Gasteiger charge is -2.21. The fraction of sp³-hybridized carbons (Fsp3) is 1.00. The first-order chi connectivity index (χ1) is 7.61. The van der Waals surface area contributed by atoms with E-state index in [-0.39, 0.29) is 6.61 Å². The van der Waals surface area contributed by atoms with Crippen molar-refractivity contribution in [2.24, 2.45) is 0 Å². The van der Waals surface area contributed by atoms with Crippen molar-refractivity contribution in [3.8, 4) is 0 Å². The van der Waals surface area contributed by atoms with Crippen molar-refractivity contribution in [1.29, 1.82) is 0 Å². The molecule has 0 saturated carbocycles. The summed E-state index contributed by atoms with van der Waals surface area (Å²) >= 11 is 0. The van der Waals surface area contributed by atoms with Gasteiger partial charge in [-0.2, -0.15) is 0 Å². The molecule has 0 aromatic carbocycles. The first kappa shape index (κ1) is 16.1. The molecule has 0 bridgehead atoms. The molecule has 1 unspecified atom stereocenters. The molecule has 0 spiro atoms. The SMILES string of the molecule is CCOC(COP(=O)(CC)OCC)OCC. The maximum atomic E-state index is 11.9. The summed E-state index contributed by atoms with van der Waals surface area (Å²) in [7, 11) is -2.96. The molecule has 0 aliphatic heterocycles. The highest BCUT2D eigenvalue weighted by Gasteiger charge is 2.23. The van der Waals surface area contributed by atoms with Gasteiger partial charge in [-0.05, 0) is 20.8 Å². The molecule has 0 aromatic rings. The van der Waals surface area contributed by atoms with Gasteiger partial charge in [0, 0.05) is 19.4 Å². The highest BCUT2D eigenvalue weighted by Crippen LogP contribution is 2.47. The van der Waals surface area contributed by atoms with Gasteiger partial charge in [-0.1, -0.05) is 6.92 Å². The lowest BCUT2D eigenvalue weighted by atomic mass is 10.6. The summed E-state index contributed by atoms with van der Waals surface area (Å²) in [5.41, 5.74) is 0. The van der Waals surface area contributed by atoms with E-state index in [4.69, 9.17) is 18.5 Å². The Morgan fingerprint density at radius 1 is 0.938 bits per heavy atom. The molecule has 0 rings (SSSR count). The van der Waals surface area contributed by atoms with Gasteiger partial charge in [0.15, 0.2) is 6.29 Å². The average Bonchev–Trinajstić information content (AvgIpc) is 2.27. The van der Waals surface area contributed by atoms with Gasteiger partial charge < -0.3 is 18.5 Å². The van der Waals surface area contributed by atoms with E-state index < -0.39 is 13.9 Å². The van der Waals surface area contributed by atoms with E-state index in [1.807, 2.05) is 13.8 Å². The quantitative estimate of drug-likeness (QED) is 0.443. The Labute approximate surface area is 97.9 Å². The molecule has 98 valence electrons. The molecular formula is C10H23O5P. The first-order valence-corrected chi connectivity index (χ1v) is 7.45. The zero-order valence-corrected chi connectivity index (χ0v) is 11.5. The fourth-order valence-corrected chi connectivity index (χ4v) is 2.29. The van der Waals surface area contributed by atoms with E-state index in [0.29, 0.717) is 26.0 Å². The smallest absolute Gasteiger partial charge is 0.330 e. The van der Waals surface area contributed by atoms with Gasteiger partial charge in [0.25, 0.3) is 0 Å². The van der Waals surface area contributed by atoms with Crippen molar-refractivity contribution in [2.45, 2.75) is 34.0 Å². The third-order valence-electron chi connectivity index (χ3n) is 1.83. The average molecular weight is 254 g/mol. The molecule has 0 aliphatic carbocycles. The summed E-state index contributed by atoms with van der Waals surface area (Å²) in [4.78, 5) is 0. The predicted octanol–water partition coefficient (Wildman–Crippen LogP) is 2.65. The maximum absolute atomic E-state index is 11.9. The number of hydrogen-bond donors (Lipinski definition) is 0. The Balaban J connectivity index is 4.09. The van der Waals surface area contributed by atoms with Crippen LogP contribution in [-0.4, -0.2) is 38.9 Å². The van der Waals surface area contributed by atoms with Crippen LogP contribution in [0.4, 0.5) is 0 Å². The van der Waals surface area contributed by atoms with Crippen LogP contribution in [0, 0.1) is 0 Å². The molecule has 0 heterocycles. The molecule has 0 aliphatic rings. The van der Waals surface area contributed by atoms with E-state index in [9.17, 15) is 4.57 Å². The van der Waals surface area contributed by atoms with Crippen LogP contribution in [-0.2, 0) is 23.1 Å². The van der Waals surface area contributed by atoms with E-state index in [1.54, 1.807) is 13.8 Å². The standard InChI is InChI=1S/C10H23O5P/c1-5-12-10(13-6-2)9-15-16(11,8-4)14-7-3/h10H,5-9H2,1-4H3. The number of ether oxygens (including phenoxy) is 2. The Morgan fingerprint density at radius 2 is 1.50 bits per heavy atom. The Bertz CT molecular complexity index is 203. The summed E-state index contributed by atoms with van der Waals surface area (Å²) in [5.74, 6) is 0. The topological polar surface area (TPSA) is 54.0 Å². The molecule has 0 N–H and O–H groups in total. The van der Waals surface area contributed by atoms with Crippen molar-refractivity contribution in [3.05, 3.63) is 0 Å². The molecular weight excluding hydrogens is 231 g/mol. The number of rotatable bonds is 10. The van der Waals surface area contributed by atoms with Crippen LogP contribution in [0.15, 0.2) is 0 Å². The van der Waals surface area contributed by atoms with Crippen LogP contribution in [0.2, 0.25) is 0 Å². The van der Waals surface area contributed by atoms with E-state index in [1.165, 1.54) is 0 Å². The zero-order valence-electron chi connectivity index (χ0n) is 10.6. The van der Waals surface area contributed by atoms with Crippen LogP contribution in [0.3, 0.4) is 0 Å². The van der Waals surface area contributed by atoms with Crippen molar-refractivity contribution in [2.75, 3.05) is 32.6 Å². The molecule has 0 fully saturated rings. The van der Waals surface area contributed by atoms with Gasteiger partial charge >= 0.3 is 7.60 Å². The Hall–Kier alpha value is 0.0700. The molecule has 0 amide bonds. The molecule has 6 heteroatoms. The highest BCUT2D eigenvalue weighted by molar-refractivity contribution is 7.53. The summed E-state index contributed by atoms with van der Waals surface area (Å²) < 4.78 is 32.9. The molecule has 0 radical (unpaired) electrons. The number of hydrogen-bond acceptors (Lipinski definition) is 5. The molecule has 0 aromatic heterocycles. The van der Waals surface area contributed by atoms with Gasteiger partial charge in [-0.3, -0.25) is 4.57 Å². The van der Waals surface area contributed by atoms with Crippen LogP contribution in [0.25, 0.3) is 0 Å². The second-order valence-corrected chi connectivity index (χ2v) is 5.35. The van der Waals surface area contributed by atoms with Crippen molar-refractivity contribution >= 4 is 7.60 Å². The monoisotopic (exact) mass is 254 g/mol. The van der Waals surface area contributed by atoms with Gasteiger partial charge in [0.2, 0.25) is 0 Å². The maximum Gasteiger partial charge on any atom is 0.330 e. The summed E-state index contributed by atoms with van der Waals surface area (Å²) in [6.45, 7) is 8.85. The van der Waals surface area contributed by atoms with Gasteiger partial charge in [-0.25, -0.2) is 0 Å². The minimum atomic E-state index is -2.96. The summed E-state index contributed by atoms with van der Waals surface area (Å²) in [5, 5.41) is 0. The summed E-state index contributed by atoms with van der Waals surface area (Å²) in [6, 6.07) is 0. The molecule has 5 nitrogen and oxygen atoms in total. The molecule has 0 saturated heterocycles. The van der Waals surface area contributed by atoms with Crippen LogP contribution in [0.1, 0.15) is 27.7 Å². The fourth-order valence-electron chi connectivity index (χ4n) is 1.11. The van der Waals surface area contributed by atoms with Crippen molar-refractivity contribution < 1.29 is 23.1 Å². The van der Waals surface area contributed by atoms with Gasteiger partial charge in [-0.15, -0.1) is 0 Å². The lowest BCUT2D eigenvalue weighted by molar-refractivity contribution is -0.153. The van der Waals surface area contributed by atoms with Crippen LogP contribution >= 0.6 is 7.60 Å². The second-order valence-electron chi connectivity index (χ2n) is 2.98. The van der Waals surface area contributed by atoms with Crippen LogP contribution in [0.5, 0.6) is 0 Å². The highest BCUT2D eigenvalue weighted by atomic mass is 31.2.